The zero-order valence-corrected chi connectivity index (χ0v) is 18.2. The average molecular weight is 430 g/mol. The highest BCUT2D eigenvalue weighted by Crippen LogP contribution is 2.33. The van der Waals surface area contributed by atoms with Crippen LogP contribution in [0.2, 0.25) is 5.02 Å². The zero-order chi connectivity index (χ0) is 21.4. The van der Waals surface area contributed by atoms with Crippen molar-refractivity contribution in [1.82, 2.24) is 19.5 Å². The Balaban J connectivity index is 1.51. The van der Waals surface area contributed by atoms with Crippen LogP contribution in [0.15, 0.2) is 60.9 Å². The lowest BCUT2D eigenvalue weighted by Gasteiger charge is -2.08. The normalized spacial score (nSPS) is 11.5. The highest BCUT2D eigenvalue weighted by molar-refractivity contribution is 6.31. The molecule has 3 aromatic heterocycles. The van der Waals surface area contributed by atoms with E-state index in [1.54, 1.807) is 0 Å². The molecule has 5 nitrogen and oxygen atoms in total. The van der Waals surface area contributed by atoms with Crippen LogP contribution in [0.25, 0.3) is 33.1 Å². The van der Waals surface area contributed by atoms with E-state index in [1.165, 1.54) is 0 Å². The van der Waals surface area contributed by atoms with Crippen LogP contribution in [0.1, 0.15) is 31.2 Å². The van der Waals surface area contributed by atoms with Crippen LogP contribution in [-0.2, 0) is 13.0 Å². The molecule has 2 aromatic carbocycles. The number of nitrogens with two attached hydrogens (primary N) is 1. The second-order valence-electron chi connectivity index (χ2n) is 7.86. The fourth-order valence-corrected chi connectivity index (χ4v) is 4.29. The van der Waals surface area contributed by atoms with Crippen molar-refractivity contribution in [2.75, 3.05) is 5.73 Å². The second kappa shape index (κ2) is 8.08. The standard InChI is InChI=1S/C25H24ClN5/c1-2-3-8-22-29-24(27)23-19(14-28-25(23)30-22)16-9-10-21-17(13-16)11-12-31(21)15-18-6-4-5-7-20(18)26/h4-7,9-14H,2-3,8,15H2,1H3,(H3,27,28,29,30). The van der Waals surface area contributed by atoms with E-state index >= 15 is 0 Å². The molecule has 0 aliphatic heterocycles. The van der Waals surface area contributed by atoms with Crippen molar-refractivity contribution in [3.05, 3.63) is 77.3 Å². The van der Waals surface area contributed by atoms with E-state index in [0.29, 0.717) is 5.82 Å². The Bertz CT molecular complexity index is 1380. The largest absolute Gasteiger partial charge is 0.383 e. The van der Waals surface area contributed by atoms with Gasteiger partial charge in [0.05, 0.1) is 5.39 Å². The van der Waals surface area contributed by atoms with Crippen LogP contribution >= 0.6 is 11.6 Å². The number of H-pyrrole nitrogens is 1. The second-order valence-corrected chi connectivity index (χ2v) is 8.27. The van der Waals surface area contributed by atoms with Gasteiger partial charge in [-0.15, -0.1) is 0 Å². The molecule has 0 unspecified atom stereocenters. The highest BCUT2D eigenvalue weighted by atomic mass is 35.5. The van der Waals surface area contributed by atoms with Gasteiger partial charge in [0.1, 0.15) is 17.3 Å². The summed E-state index contributed by atoms with van der Waals surface area (Å²) >= 11 is 6.35. The summed E-state index contributed by atoms with van der Waals surface area (Å²) in [7, 11) is 0. The molecule has 5 rings (SSSR count). The third kappa shape index (κ3) is 3.66. The Labute approximate surface area is 185 Å². The summed E-state index contributed by atoms with van der Waals surface area (Å²) in [6.07, 6.45) is 7.08. The van der Waals surface area contributed by atoms with E-state index in [9.17, 15) is 0 Å². The number of benzene rings is 2. The lowest BCUT2D eigenvalue weighted by molar-refractivity contribution is 0.757. The number of unbranched alkanes of at least 4 members (excludes halogenated alkanes) is 1. The summed E-state index contributed by atoms with van der Waals surface area (Å²) < 4.78 is 2.22. The minimum atomic E-state index is 0.531. The summed E-state index contributed by atoms with van der Waals surface area (Å²) in [6.45, 7) is 2.89. The van der Waals surface area contributed by atoms with E-state index in [4.69, 9.17) is 17.3 Å². The Morgan fingerprint density at radius 2 is 1.97 bits per heavy atom. The van der Waals surface area contributed by atoms with Gasteiger partial charge in [0.25, 0.3) is 0 Å². The molecule has 0 radical (unpaired) electrons. The van der Waals surface area contributed by atoms with Gasteiger partial charge in [-0.25, -0.2) is 9.97 Å². The first-order chi connectivity index (χ1) is 15.1. The molecular weight excluding hydrogens is 406 g/mol. The van der Waals surface area contributed by atoms with Gasteiger partial charge in [-0.05, 0) is 41.8 Å². The smallest absolute Gasteiger partial charge is 0.143 e. The maximum Gasteiger partial charge on any atom is 0.143 e. The number of hydrogen-bond acceptors (Lipinski definition) is 3. The molecule has 0 saturated heterocycles. The van der Waals surface area contributed by atoms with Crippen LogP contribution in [0.3, 0.4) is 0 Å². The lowest BCUT2D eigenvalue weighted by atomic mass is 10.0. The summed E-state index contributed by atoms with van der Waals surface area (Å²) in [4.78, 5) is 12.5. The van der Waals surface area contributed by atoms with E-state index < -0.39 is 0 Å². The van der Waals surface area contributed by atoms with E-state index in [0.717, 1.165) is 75.3 Å². The van der Waals surface area contributed by atoms with Crippen molar-refractivity contribution >= 4 is 39.4 Å². The molecule has 0 spiro atoms. The van der Waals surface area contributed by atoms with Gasteiger partial charge in [-0.1, -0.05) is 49.2 Å². The average Bonchev–Trinajstić information content (AvgIpc) is 3.38. The molecule has 3 N–H and O–H groups in total. The van der Waals surface area contributed by atoms with Crippen molar-refractivity contribution < 1.29 is 0 Å². The van der Waals surface area contributed by atoms with Crippen LogP contribution in [0.4, 0.5) is 5.82 Å². The molecule has 0 bridgehead atoms. The Morgan fingerprint density at radius 1 is 1.10 bits per heavy atom. The van der Waals surface area contributed by atoms with Gasteiger partial charge < -0.3 is 15.3 Å². The monoisotopic (exact) mass is 429 g/mol. The minimum absolute atomic E-state index is 0.531. The maximum absolute atomic E-state index is 6.35. The van der Waals surface area contributed by atoms with Crippen molar-refractivity contribution in [3.8, 4) is 11.1 Å². The number of aromatic nitrogens is 4. The van der Waals surface area contributed by atoms with Crippen molar-refractivity contribution in [3.63, 3.8) is 0 Å². The van der Waals surface area contributed by atoms with E-state index in [2.05, 4.69) is 63.0 Å². The molecule has 0 aliphatic carbocycles. The molecule has 0 saturated carbocycles. The highest BCUT2D eigenvalue weighted by Gasteiger charge is 2.14. The number of nitrogens with one attached hydrogen (secondary N) is 1. The van der Waals surface area contributed by atoms with Crippen LogP contribution in [-0.4, -0.2) is 19.5 Å². The summed E-state index contributed by atoms with van der Waals surface area (Å²) in [5.74, 6) is 1.33. The number of nitrogen functional groups attached to an aromatic ring is 1. The molecule has 0 fully saturated rings. The number of fused-ring (bicyclic) bond motifs is 2. The van der Waals surface area contributed by atoms with Crippen molar-refractivity contribution in [2.24, 2.45) is 0 Å². The molecule has 31 heavy (non-hydrogen) atoms. The van der Waals surface area contributed by atoms with Gasteiger partial charge in [0.15, 0.2) is 0 Å². The molecule has 6 heteroatoms. The number of aromatic amines is 1. The molecule has 3 heterocycles. The molecule has 0 atom stereocenters. The Kier molecular flexibility index (Phi) is 5.12. The number of rotatable bonds is 6. The number of nitrogens with zero attached hydrogens (tertiary/aromatic N) is 3. The maximum atomic E-state index is 6.35. The topological polar surface area (TPSA) is 72.5 Å². The number of anilines is 1. The van der Waals surface area contributed by atoms with Gasteiger partial charge in [-0.3, -0.25) is 0 Å². The van der Waals surface area contributed by atoms with E-state index in [-0.39, 0.29) is 0 Å². The van der Waals surface area contributed by atoms with Crippen LogP contribution in [0.5, 0.6) is 0 Å². The SMILES string of the molecule is CCCCc1nc(N)c2c(-c3ccc4c(ccn4Cc4ccccc4Cl)c3)c[nH]c2n1. The summed E-state index contributed by atoms with van der Waals surface area (Å²) in [5.41, 5.74) is 11.5. The number of hydrogen-bond donors (Lipinski definition) is 2. The van der Waals surface area contributed by atoms with Crippen LogP contribution in [0, 0.1) is 0 Å². The predicted molar refractivity (Wildman–Crippen MR) is 128 cm³/mol. The van der Waals surface area contributed by atoms with Crippen LogP contribution < -0.4 is 5.73 Å². The number of aryl methyl sites for hydroxylation is 1. The lowest BCUT2D eigenvalue weighted by Crippen LogP contribution is -2.01. The summed E-state index contributed by atoms with van der Waals surface area (Å²) in [6, 6.07) is 16.5. The fraction of sp³-hybridized carbons (Fsp3) is 0.200. The first-order valence-electron chi connectivity index (χ1n) is 10.6. The minimum Gasteiger partial charge on any atom is -0.383 e. The first-order valence-corrected chi connectivity index (χ1v) is 11.0. The van der Waals surface area contributed by atoms with Gasteiger partial charge in [-0.2, -0.15) is 0 Å². The van der Waals surface area contributed by atoms with Gasteiger partial charge in [0.2, 0.25) is 0 Å². The van der Waals surface area contributed by atoms with Gasteiger partial charge in [0, 0.05) is 46.8 Å². The Morgan fingerprint density at radius 3 is 2.81 bits per heavy atom. The molecule has 0 amide bonds. The van der Waals surface area contributed by atoms with E-state index in [1.807, 2.05) is 24.4 Å². The van der Waals surface area contributed by atoms with Crippen molar-refractivity contribution in [2.45, 2.75) is 32.7 Å². The zero-order valence-electron chi connectivity index (χ0n) is 17.4. The van der Waals surface area contributed by atoms with Crippen molar-refractivity contribution in [1.29, 1.82) is 0 Å². The number of halogens is 1. The Hall–Kier alpha value is -3.31. The fourth-order valence-electron chi connectivity index (χ4n) is 4.10. The predicted octanol–water partition coefficient (Wildman–Crippen LogP) is 6.21. The quantitative estimate of drug-likeness (QED) is 0.337. The van der Waals surface area contributed by atoms with Gasteiger partial charge >= 0.3 is 0 Å². The first kappa shape index (κ1) is 19.6. The third-order valence-corrected chi connectivity index (χ3v) is 6.11. The molecule has 0 aliphatic rings. The molecule has 5 aromatic rings. The molecule has 156 valence electrons. The summed E-state index contributed by atoms with van der Waals surface area (Å²) in [5, 5.41) is 2.83. The molecular formula is C25H24ClN5. The third-order valence-electron chi connectivity index (χ3n) is 5.74.